The summed E-state index contributed by atoms with van der Waals surface area (Å²) in [5, 5.41) is 80.8. The largest absolute Gasteiger partial charge is 0.481 e. The maximum absolute atomic E-state index is 14.2. The van der Waals surface area contributed by atoms with E-state index in [9.17, 15) is 102 Å². The molecule has 7 rings (SSSR count). The van der Waals surface area contributed by atoms with E-state index < -0.39 is 162 Å². The molecule has 0 radical (unpaired) electrons. The van der Waals surface area contributed by atoms with Crippen LogP contribution in [0.1, 0.15) is 104 Å². The van der Waals surface area contributed by atoms with Crippen LogP contribution in [0, 0.1) is 10.1 Å². The molecule has 0 saturated carbocycles. The standard InChI is InChI=1S/C70H82N12O25S2/c71-45(35-74-62(91)48(29-38-13-6-4-7-14-38)77-63(92)49(30-39-15-8-5-9-16-39)75-55(84)17-10-2-1-3-11-24-72-54(83)22-20-46(66(95)96)79-69(101)80-47(67(97)98)21-23-56(85)86)61(90)76-50(34-57(87)88)64(93)78-51(68(99)100)36-109-108-28-27-105-70(102)73-25-12-26-81-59-42-32-52-53(107-37-106-52)33-43(42)60(89)58(59)41-19-18-40(82(103)104)31-44(41)65(81)94/h4-9,13-16,18-19,31-33,45-51H,1-3,10-12,17,20-30,34-37,71H2,(H,72,83)(H,73,102)(H,74,91)(H,75,84)(H,76,90)(H,77,92)(H,78,93)(H,85,86)(H,87,88)(H,95,96)(H,97,98)(H,99,100)(H2,79,80,101)/t45-,46-,47-,48-,49-,50-,51-/m0/s1. The van der Waals surface area contributed by atoms with E-state index >= 15 is 0 Å². The molecule has 0 unspecified atom stereocenters. The quantitative estimate of drug-likeness (QED) is 0.0113. The number of unbranched alkanes of at least 4 members (excludes halogenated alkanes) is 4. The lowest BCUT2D eigenvalue weighted by atomic mass is 10.0. The Kier molecular flexibility index (Phi) is 32.4. The number of carboxylic acid groups (broad SMARTS) is 5. The Bertz CT molecular complexity index is 4270. The fraction of sp³-hybridized carbons (Fsp3) is 0.414. The molecule has 1 aliphatic carbocycles. The number of pyridine rings is 1. The maximum atomic E-state index is 14.2. The first kappa shape index (κ1) is 84.4. The molecule has 109 heavy (non-hydrogen) atoms. The van der Waals surface area contributed by atoms with Crippen molar-refractivity contribution in [1.29, 1.82) is 0 Å². The molecule has 9 amide bonds. The van der Waals surface area contributed by atoms with Gasteiger partial charge in [-0.15, -0.1) is 0 Å². The number of nitrogens with two attached hydrogens (primary N) is 1. The molecular weight excluding hydrogens is 1470 g/mol. The van der Waals surface area contributed by atoms with Crippen LogP contribution in [0.3, 0.4) is 0 Å². The SMILES string of the molecule is N[C@@H](CNC(=O)[C@H](Cc1ccccc1)NC(=O)[C@H](Cc1ccccc1)NC(=O)CCCCCCCNC(=O)CC[C@H](NC(=O)N[C@@H](CCC(=O)O)C(=O)O)C(=O)O)C(=O)N[C@@H](CC(=O)O)C(=O)N[C@@H](CSSCCOC(=O)NCCCn1c2c(c3ccc([N+](=O)[O-])cc3c1=O)C(=O)c1cc3c(cc1-2)OCO3)C(=O)O. The summed E-state index contributed by atoms with van der Waals surface area (Å²) in [6, 6.07) is 11.9. The summed E-state index contributed by atoms with van der Waals surface area (Å²) < 4.78 is 17.6. The molecule has 0 bridgehead atoms. The molecule has 0 fully saturated rings. The lowest BCUT2D eigenvalue weighted by Crippen LogP contribution is -2.58. The third-order valence-electron chi connectivity index (χ3n) is 17.0. The number of carboxylic acids is 5. The fourth-order valence-corrected chi connectivity index (χ4v) is 13.4. The molecule has 5 aromatic rings. The molecule has 1 aromatic heterocycles. The highest BCUT2D eigenvalue weighted by molar-refractivity contribution is 8.76. The number of hydrogen-bond acceptors (Lipinski definition) is 23. The zero-order chi connectivity index (χ0) is 79.3. The van der Waals surface area contributed by atoms with Crippen LogP contribution in [0.4, 0.5) is 15.3 Å². The topological polar surface area (TPSA) is 567 Å². The summed E-state index contributed by atoms with van der Waals surface area (Å²) in [6.45, 7) is -0.732. The van der Waals surface area contributed by atoms with Crippen molar-refractivity contribution in [2.24, 2.45) is 5.73 Å². The molecule has 2 aliphatic rings. The van der Waals surface area contributed by atoms with Crippen LogP contribution >= 0.6 is 21.6 Å². The van der Waals surface area contributed by atoms with Gasteiger partial charge in [0.25, 0.3) is 11.2 Å². The number of aliphatic carboxylic acids is 5. The molecular formula is C70H82N12O25S2. The minimum atomic E-state index is -1.87. The molecule has 0 spiro atoms. The number of fused-ring (bicyclic) bond motifs is 6. The number of nitro groups is 1. The number of rotatable bonds is 46. The third-order valence-corrected chi connectivity index (χ3v) is 19.4. The van der Waals surface area contributed by atoms with Crippen molar-refractivity contribution in [3.05, 3.63) is 134 Å². The van der Waals surface area contributed by atoms with Gasteiger partial charge in [0, 0.05) is 98.4 Å². The highest BCUT2D eigenvalue weighted by Gasteiger charge is 2.37. The summed E-state index contributed by atoms with van der Waals surface area (Å²) in [5.41, 5.74) is 7.52. The van der Waals surface area contributed by atoms with E-state index in [0.717, 1.165) is 27.7 Å². The van der Waals surface area contributed by atoms with E-state index in [4.69, 9.17) is 25.1 Å². The number of urea groups is 1. The molecule has 4 aromatic carbocycles. The van der Waals surface area contributed by atoms with E-state index in [0.29, 0.717) is 60.3 Å². The van der Waals surface area contributed by atoms with Crippen LogP contribution in [0.15, 0.2) is 95.8 Å². The third kappa shape index (κ3) is 26.0. The summed E-state index contributed by atoms with van der Waals surface area (Å²) in [6.07, 6.45) is -0.749. The lowest BCUT2D eigenvalue weighted by molar-refractivity contribution is -0.384. The number of amides is 9. The van der Waals surface area contributed by atoms with E-state index in [-0.39, 0.29) is 116 Å². The van der Waals surface area contributed by atoms with Crippen molar-refractivity contribution in [2.75, 3.05) is 44.5 Å². The van der Waals surface area contributed by atoms with Gasteiger partial charge in [-0.05, 0) is 61.4 Å². The van der Waals surface area contributed by atoms with Gasteiger partial charge in [-0.1, -0.05) is 102 Å². The van der Waals surface area contributed by atoms with Gasteiger partial charge in [0.05, 0.1) is 28.0 Å². The minimum absolute atomic E-state index is 0.00352. The van der Waals surface area contributed by atoms with E-state index in [2.05, 4.69) is 42.5 Å². The smallest absolute Gasteiger partial charge is 0.407 e. The summed E-state index contributed by atoms with van der Waals surface area (Å²) in [7, 11) is 2.00. The number of aromatic nitrogens is 1. The van der Waals surface area contributed by atoms with E-state index in [1.165, 1.54) is 22.8 Å². The first-order valence-corrected chi connectivity index (χ1v) is 36.8. The van der Waals surface area contributed by atoms with Crippen LogP contribution in [0.2, 0.25) is 0 Å². The Morgan fingerprint density at radius 1 is 0.560 bits per heavy atom. The number of hydrogen-bond donors (Lipinski definition) is 15. The number of carbonyl (C=O) groups is 14. The monoisotopic (exact) mass is 1550 g/mol. The second kappa shape index (κ2) is 41.9. The van der Waals surface area contributed by atoms with Crippen LogP contribution in [0.5, 0.6) is 11.5 Å². The van der Waals surface area contributed by atoms with Crippen molar-refractivity contribution in [3.8, 4) is 22.8 Å². The average Bonchev–Trinajstić information content (AvgIpc) is 1.57. The molecule has 0 saturated heterocycles. The number of nitrogens with one attached hydrogen (secondary N) is 9. The normalized spacial score (nSPS) is 13.6. The van der Waals surface area contributed by atoms with Gasteiger partial charge < -0.3 is 97.9 Å². The molecule has 1 aliphatic heterocycles. The van der Waals surface area contributed by atoms with Crippen molar-refractivity contribution < 1.29 is 112 Å². The molecule has 39 heteroatoms. The molecule has 7 atom stereocenters. The minimum Gasteiger partial charge on any atom is -0.481 e. The number of ether oxygens (including phenoxy) is 3. The summed E-state index contributed by atoms with van der Waals surface area (Å²) in [4.78, 5) is 203. The van der Waals surface area contributed by atoms with Crippen LogP contribution in [-0.2, 0) is 76.9 Å². The van der Waals surface area contributed by atoms with Crippen LogP contribution < -0.4 is 68.6 Å². The Hall–Kier alpha value is -11.9. The Balaban J connectivity index is 0.827. The lowest BCUT2D eigenvalue weighted by Gasteiger charge is -2.24. The molecule has 37 nitrogen and oxygen atoms in total. The first-order valence-electron chi connectivity index (χ1n) is 34.3. The zero-order valence-electron chi connectivity index (χ0n) is 58.4. The van der Waals surface area contributed by atoms with Gasteiger partial charge in [0.1, 0.15) is 48.9 Å². The van der Waals surface area contributed by atoms with E-state index in [1.54, 1.807) is 66.7 Å². The Morgan fingerprint density at radius 3 is 1.74 bits per heavy atom. The molecule has 16 N–H and O–H groups in total. The fourth-order valence-electron chi connectivity index (χ4n) is 11.4. The first-order chi connectivity index (χ1) is 52.1. The van der Waals surface area contributed by atoms with Crippen LogP contribution in [-0.4, -0.2) is 205 Å². The van der Waals surface area contributed by atoms with Gasteiger partial charge in [0.2, 0.25) is 42.2 Å². The van der Waals surface area contributed by atoms with Crippen molar-refractivity contribution in [2.45, 2.75) is 139 Å². The Labute approximate surface area is 628 Å². The van der Waals surface area contributed by atoms with Crippen LogP contribution in [0.25, 0.3) is 22.0 Å². The second-order valence-electron chi connectivity index (χ2n) is 25.0. The van der Waals surface area contributed by atoms with Gasteiger partial charge in [-0.2, -0.15) is 0 Å². The summed E-state index contributed by atoms with van der Waals surface area (Å²) >= 11 is 0. The average molecular weight is 1560 g/mol. The van der Waals surface area contributed by atoms with Crippen molar-refractivity contribution >= 4 is 121 Å². The Morgan fingerprint density at radius 2 is 1.13 bits per heavy atom. The van der Waals surface area contributed by atoms with Gasteiger partial charge in [-0.25, -0.2) is 24.0 Å². The second-order valence-corrected chi connectivity index (χ2v) is 27.6. The van der Waals surface area contributed by atoms with E-state index in [1.807, 2.05) is 5.32 Å². The number of nitro benzene ring substituents is 1. The number of nitrogens with zero attached hydrogens (tertiary/aromatic N) is 2. The number of non-ortho nitro benzene ring substituents is 1. The number of alkyl carbamates (subject to hydrolysis) is 1. The van der Waals surface area contributed by atoms with Gasteiger partial charge in [-0.3, -0.25) is 58.1 Å². The molecule has 2 heterocycles. The number of ketones is 1. The molecule has 584 valence electrons. The number of benzene rings is 4. The highest BCUT2D eigenvalue weighted by Crippen LogP contribution is 2.46. The van der Waals surface area contributed by atoms with Gasteiger partial charge in [0.15, 0.2) is 17.3 Å². The zero-order valence-corrected chi connectivity index (χ0v) is 60.1. The van der Waals surface area contributed by atoms with Gasteiger partial charge >= 0.3 is 42.0 Å². The summed E-state index contributed by atoms with van der Waals surface area (Å²) in [5.74, 6) is -12.3. The number of carbonyl (C=O) groups excluding carboxylic acids is 9. The maximum Gasteiger partial charge on any atom is 0.407 e. The predicted molar refractivity (Wildman–Crippen MR) is 389 cm³/mol. The van der Waals surface area contributed by atoms with Crippen molar-refractivity contribution in [1.82, 2.24) is 52.4 Å². The predicted octanol–water partition coefficient (Wildman–Crippen LogP) is 2.08. The highest BCUT2D eigenvalue weighted by atomic mass is 33.1. The van der Waals surface area contributed by atoms with Crippen molar-refractivity contribution in [3.63, 3.8) is 0 Å².